The Bertz CT molecular complexity index is 420. The fourth-order valence-electron chi connectivity index (χ4n) is 2.02. The van der Waals surface area contributed by atoms with Crippen molar-refractivity contribution in [1.29, 1.82) is 0 Å². The zero-order chi connectivity index (χ0) is 12.8. The zero-order valence-corrected chi connectivity index (χ0v) is 10.4. The number of benzene rings is 1. The second kappa shape index (κ2) is 3.76. The van der Waals surface area contributed by atoms with Crippen LogP contribution in [0.2, 0.25) is 0 Å². The first-order valence-corrected chi connectivity index (χ1v) is 5.91. The van der Waals surface area contributed by atoms with Gasteiger partial charge in [0.25, 0.3) is 0 Å². The van der Waals surface area contributed by atoms with Crippen molar-refractivity contribution in [2.75, 3.05) is 0 Å². The van der Waals surface area contributed by atoms with E-state index in [4.69, 9.17) is 0 Å². The second-order valence-corrected chi connectivity index (χ2v) is 5.82. The molecule has 0 spiro atoms. The molecule has 0 nitrogen and oxygen atoms in total. The van der Waals surface area contributed by atoms with Crippen molar-refractivity contribution >= 4 is 0 Å². The highest BCUT2D eigenvalue weighted by atomic mass is 19.4. The molecule has 2 rings (SSSR count). The van der Waals surface area contributed by atoms with E-state index in [1.165, 1.54) is 6.07 Å². The van der Waals surface area contributed by atoms with E-state index in [2.05, 4.69) is 0 Å². The van der Waals surface area contributed by atoms with Gasteiger partial charge < -0.3 is 0 Å². The standard InChI is InChI=1S/C14H17F3/c1-13(2,3)10-6-7-11(9-4-5-9)12(8-10)14(15,16)17/h6-9H,4-5H2,1-3H3. The maximum absolute atomic E-state index is 13.0. The van der Waals surface area contributed by atoms with E-state index in [-0.39, 0.29) is 11.3 Å². The molecular formula is C14H17F3. The lowest BCUT2D eigenvalue weighted by Crippen LogP contribution is -2.15. The Hall–Kier alpha value is -0.990. The number of halogens is 3. The average Bonchev–Trinajstić information content (AvgIpc) is 2.97. The molecule has 94 valence electrons. The molecule has 0 N–H and O–H groups in total. The normalized spacial score (nSPS) is 17.3. The van der Waals surface area contributed by atoms with Crippen LogP contribution in [0.15, 0.2) is 18.2 Å². The van der Waals surface area contributed by atoms with Gasteiger partial charge in [-0.15, -0.1) is 0 Å². The fourth-order valence-corrected chi connectivity index (χ4v) is 2.02. The third-order valence-corrected chi connectivity index (χ3v) is 3.24. The average molecular weight is 242 g/mol. The molecular weight excluding hydrogens is 225 g/mol. The smallest absolute Gasteiger partial charge is 0.166 e. The summed E-state index contributed by atoms with van der Waals surface area (Å²) in [5, 5.41) is 0. The van der Waals surface area contributed by atoms with Gasteiger partial charge in [0.1, 0.15) is 0 Å². The monoisotopic (exact) mass is 242 g/mol. The highest BCUT2D eigenvalue weighted by Crippen LogP contribution is 2.46. The molecule has 1 aliphatic rings. The molecule has 0 aromatic heterocycles. The molecule has 0 aliphatic heterocycles. The number of hydrogen-bond acceptors (Lipinski definition) is 0. The predicted octanol–water partition coefficient (Wildman–Crippen LogP) is 4.88. The third kappa shape index (κ3) is 2.64. The third-order valence-electron chi connectivity index (χ3n) is 3.24. The fraction of sp³-hybridized carbons (Fsp3) is 0.571. The minimum Gasteiger partial charge on any atom is -0.166 e. The van der Waals surface area contributed by atoms with Crippen molar-refractivity contribution in [3.63, 3.8) is 0 Å². The van der Waals surface area contributed by atoms with Crippen LogP contribution in [0.1, 0.15) is 56.2 Å². The van der Waals surface area contributed by atoms with Gasteiger partial charge in [-0.2, -0.15) is 13.2 Å². The van der Waals surface area contributed by atoms with Crippen molar-refractivity contribution < 1.29 is 13.2 Å². The van der Waals surface area contributed by atoms with Crippen LogP contribution in [-0.4, -0.2) is 0 Å². The summed E-state index contributed by atoms with van der Waals surface area (Å²) >= 11 is 0. The summed E-state index contributed by atoms with van der Waals surface area (Å²) in [4.78, 5) is 0. The van der Waals surface area contributed by atoms with Crippen LogP contribution in [0.4, 0.5) is 13.2 Å². The Morgan fingerprint density at radius 1 is 1.06 bits per heavy atom. The highest BCUT2D eigenvalue weighted by Gasteiger charge is 2.38. The quantitative estimate of drug-likeness (QED) is 0.658. The molecule has 1 aliphatic carbocycles. The van der Waals surface area contributed by atoms with Gasteiger partial charge in [-0.3, -0.25) is 0 Å². The molecule has 1 saturated carbocycles. The molecule has 0 saturated heterocycles. The molecule has 1 fully saturated rings. The molecule has 0 heterocycles. The van der Waals surface area contributed by atoms with E-state index >= 15 is 0 Å². The molecule has 3 heteroatoms. The lowest BCUT2D eigenvalue weighted by molar-refractivity contribution is -0.138. The summed E-state index contributed by atoms with van der Waals surface area (Å²) in [5.41, 5.74) is 0.536. The van der Waals surface area contributed by atoms with Crippen LogP contribution in [0, 0.1) is 0 Å². The van der Waals surface area contributed by atoms with E-state index < -0.39 is 11.7 Å². The maximum atomic E-state index is 13.0. The molecule has 17 heavy (non-hydrogen) atoms. The van der Waals surface area contributed by atoms with Crippen LogP contribution < -0.4 is 0 Å². The highest BCUT2D eigenvalue weighted by molar-refractivity contribution is 5.40. The first kappa shape index (κ1) is 12.5. The molecule has 0 atom stereocenters. The van der Waals surface area contributed by atoms with Crippen LogP contribution in [0.3, 0.4) is 0 Å². The molecule has 0 radical (unpaired) electrons. The van der Waals surface area contributed by atoms with E-state index in [1.807, 2.05) is 26.8 Å². The second-order valence-electron chi connectivity index (χ2n) is 5.82. The molecule has 1 aromatic rings. The predicted molar refractivity (Wildman–Crippen MR) is 62.1 cm³/mol. The van der Waals surface area contributed by atoms with E-state index in [0.29, 0.717) is 5.56 Å². The van der Waals surface area contributed by atoms with Gasteiger partial charge in [0.05, 0.1) is 5.56 Å². The zero-order valence-electron chi connectivity index (χ0n) is 10.4. The van der Waals surface area contributed by atoms with Gasteiger partial charge in [0.15, 0.2) is 0 Å². The minimum absolute atomic E-state index is 0.126. The summed E-state index contributed by atoms with van der Waals surface area (Å²) in [6.45, 7) is 5.79. The topological polar surface area (TPSA) is 0 Å². The van der Waals surface area contributed by atoms with Gasteiger partial charge in [0, 0.05) is 0 Å². The maximum Gasteiger partial charge on any atom is 0.416 e. The Balaban J connectivity index is 2.50. The number of alkyl halides is 3. The largest absolute Gasteiger partial charge is 0.416 e. The first-order valence-electron chi connectivity index (χ1n) is 5.91. The van der Waals surface area contributed by atoms with Crippen LogP contribution in [0.5, 0.6) is 0 Å². The summed E-state index contributed by atoms with van der Waals surface area (Å²) in [7, 11) is 0. The summed E-state index contributed by atoms with van der Waals surface area (Å²) in [6.07, 6.45) is -2.46. The minimum atomic E-state index is -4.24. The van der Waals surface area contributed by atoms with Gasteiger partial charge >= 0.3 is 6.18 Å². The summed E-state index contributed by atoms with van der Waals surface area (Å²) < 4.78 is 39.0. The molecule has 0 unspecified atom stereocenters. The SMILES string of the molecule is CC(C)(C)c1ccc(C2CC2)c(C(F)(F)F)c1. The van der Waals surface area contributed by atoms with Crippen molar-refractivity contribution in [2.45, 2.75) is 51.1 Å². The lowest BCUT2D eigenvalue weighted by Gasteiger charge is -2.22. The van der Waals surface area contributed by atoms with Crippen LogP contribution in [0.25, 0.3) is 0 Å². The molecule has 0 bridgehead atoms. The van der Waals surface area contributed by atoms with Crippen molar-refractivity contribution in [2.24, 2.45) is 0 Å². The van der Waals surface area contributed by atoms with Crippen LogP contribution >= 0.6 is 0 Å². The molecule has 1 aromatic carbocycles. The van der Waals surface area contributed by atoms with Gasteiger partial charge in [-0.05, 0) is 41.4 Å². The van der Waals surface area contributed by atoms with Crippen molar-refractivity contribution in [1.82, 2.24) is 0 Å². The molecule has 0 amide bonds. The number of hydrogen-bond donors (Lipinski definition) is 0. The van der Waals surface area contributed by atoms with Gasteiger partial charge in [-0.25, -0.2) is 0 Å². The Labute approximate surface area is 99.8 Å². The van der Waals surface area contributed by atoms with Crippen molar-refractivity contribution in [3.05, 3.63) is 34.9 Å². The van der Waals surface area contributed by atoms with E-state index in [1.54, 1.807) is 6.07 Å². The Morgan fingerprint density at radius 2 is 1.65 bits per heavy atom. The first-order chi connectivity index (χ1) is 7.69. The Kier molecular flexibility index (Phi) is 2.75. The van der Waals surface area contributed by atoms with Gasteiger partial charge in [0.2, 0.25) is 0 Å². The summed E-state index contributed by atoms with van der Waals surface area (Å²) in [6, 6.07) is 4.83. The van der Waals surface area contributed by atoms with Gasteiger partial charge in [-0.1, -0.05) is 32.9 Å². The van der Waals surface area contributed by atoms with Crippen molar-refractivity contribution in [3.8, 4) is 0 Å². The summed E-state index contributed by atoms with van der Waals surface area (Å²) in [5.74, 6) is 0.126. The van der Waals surface area contributed by atoms with Crippen LogP contribution in [-0.2, 0) is 11.6 Å². The lowest BCUT2D eigenvalue weighted by atomic mass is 9.84. The Morgan fingerprint density at radius 3 is 2.06 bits per heavy atom. The number of rotatable bonds is 1. The van der Waals surface area contributed by atoms with E-state index in [0.717, 1.165) is 18.4 Å². The van der Waals surface area contributed by atoms with E-state index in [9.17, 15) is 13.2 Å².